The van der Waals surface area contributed by atoms with E-state index >= 15 is 0 Å². The fourth-order valence-corrected chi connectivity index (χ4v) is 2.75. The number of halogens is 3. The summed E-state index contributed by atoms with van der Waals surface area (Å²) in [6, 6.07) is 7.24. The van der Waals surface area contributed by atoms with Crippen LogP contribution in [0.3, 0.4) is 0 Å². The molecule has 1 aliphatic rings. The van der Waals surface area contributed by atoms with Crippen LogP contribution >= 0.6 is 34.8 Å². The highest BCUT2D eigenvalue weighted by atomic mass is 35.6. The molecule has 1 amide bonds. The van der Waals surface area contributed by atoms with Crippen molar-refractivity contribution < 1.29 is 14.8 Å². The maximum Gasteiger partial charge on any atom is 0.262 e. The molecule has 0 bridgehead atoms. The SMILES string of the molecule is Cc1ccc(C(=O)N[C@@H]([NH2+]C[C@H]2CCCO2)C(Cl)(Cl)Cl)cc1. The highest BCUT2D eigenvalue weighted by Gasteiger charge is 2.38. The summed E-state index contributed by atoms with van der Waals surface area (Å²) < 4.78 is 3.95. The molecule has 0 spiro atoms. The monoisotopic (exact) mass is 365 g/mol. The van der Waals surface area contributed by atoms with Crippen LogP contribution in [0.2, 0.25) is 0 Å². The lowest BCUT2D eigenvalue weighted by Gasteiger charge is -2.24. The average Bonchev–Trinajstić information content (AvgIpc) is 2.96. The Bertz CT molecular complexity index is 497. The van der Waals surface area contributed by atoms with E-state index in [1.165, 1.54) is 0 Å². The van der Waals surface area contributed by atoms with Gasteiger partial charge < -0.3 is 10.1 Å². The summed E-state index contributed by atoms with van der Waals surface area (Å²) in [4.78, 5) is 12.3. The number of alkyl halides is 3. The van der Waals surface area contributed by atoms with Gasteiger partial charge in [-0.05, 0) is 31.9 Å². The van der Waals surface area contributed by atoms with Crippen LogP contribution in [-0.2, 0) is 4.74 Å². The molecule has 0 saturated carbocycles. The summed E-state index contributed by atoms with van der Waals surface area (Å²) in [7, 11) is 0. The van der Waals surface area contributed by atoms with Crippen molar-refractivity contribution in [1.82, 2.24) is 5.32 Å². The van der Waals surface area contributed by atoms with E-state index in [9.17, 15) is 4.79 Å². The van der Waals surface area contributed by atoms with Gasteiger partial charge in [0, 0.05) is 12.2 Å². The lowest BCUT2D eigenvalue weighted by molar-refractivity contribution is -0.697. The second-order valence-electron chi connectivity index (χ2n) is 5.47. The number of nitrogens with two attached hydrogens (primary N) is 1. The van der Waals surface area contributed by atoms with Crippen molar-refractivity contribution >= 4 is 40.7 Å². The second kappa shape index (κ2) is 7.84. The van der Waals surface area contributed by atoms with E-state index in [2.05, 4.69) is 5.32 Å². The van der Waals surface area contributed by atoms with Gasteiger partial charge >= 0.3 is 0 Å². The minimum atomic E-state index is -1.60. The van der Waals surface area contributed by atoms with Gasteiger partial charge in [-0.3, -0.25) is 10.1 Å². The molecule has 0 aromatic heterocycles. The molecular weight excluding hydrogens is 347 g/mol. The Morgan fingerprint density at radius 3 is 2.64 bits per heavy atom. The molecule has 122 valence electrons. The summed E-state index contributed by atoms with van der Waals surface area (Å²) >= 11 is 18.0. The molecule has 1 saturated heterocycles. The van der Waals surface area contributed by atoms with Crippen LogP contribution in [0.1, 0.15) is 28.8 Å². The van der Waals surface area contributed by atoms with Crippen LogP contribution in [0.15, 0.2) is 24.3 Å². The third-order valence-electron chi connectivity index (χ3n) is 3.61. The maximum atomic E-state index is 12.3. The van der Waals surface area contributed by atoms with Gasteiger partial charge in [0.1, 0.15) is 12.6 Å². The number of carbonyl (C=O) groups excluding carboxylic acids is 1. The van der Waals surface area contributed by atoms with Crippen LogP contribution in [0.5, 0.6) is 0 Å². The Labute approximate surface area is 145 Å². The van der Waals surface area contributed by atoms with E-state index in [1.54, 1.807) is 12.1 Å². The average molecular weight is 367 g/mol. The number of benzene rings is 1. The van der Waals surface area contributed by atoms with Crippen molar-refractivity contribution in [3.05, 3.63) is 35.4 Å². The zero-order valence-corrected chi connectivity index (χ0v) is 14.6. The van der Waals surface area contributed by atoms with Crippen LogP contribution in [0.4, 0.5) is 0 Å². The first-order chi connectivity index (χ1) is 10.4. The molecule has 1 aliphatic heterocycles. The Kier molecular flexibility index (Phi) is 6.36. The predicted octanol–water partition coefficient (Wildman–Crippen LogP) is 2.16. The molecular formula is C15H20Cl3N2O2+. The number of aryl methyl sites for hydroxylation is 1. The highest BCUT2D eigenvalue weighted by Crippen LogP contribution is 2.27. The Balaban J connectivity index is 1.96. The van der Waals surface area contributed by atoms with Gasteiger partial charge in [0.05, 0.1) is 0 Å². The van der Waals surface area contributed by atoms with Gasteiger partial charge in [0.25, 0.3) is 9.70 Å². The van der Waals surface area contributed by atoms with E-state index in [1.807, 2.05) is 24.4 Å². The molecule has 0 radical (unpaired) electrons. The molecule has 1 aromatic rings. The van der Waals surface area contributed by atoms with E-state index < -0.39 is 9.96 Å². The molecule has 4 nitrogen and oxygen atoms in total. The second-order valence-corrected chi connectivity index (χ2v) is 7.83. The Hall–Kier alpha value is -0.520. The molecule has 7 heteroatoms. The van der Waals surface area contributed by atoms with Crippen LogP contribution in [0, 0.1) is 6.92 Å². The number of hydrogen-bond donors (Lipinski definition) is 2. The molecule has 3 N–H and O–H groups in total. The van der Waals surface area contributed by atoms with Crippen molar-refractivity contribution in [3.8, 4) is 0 Å². The predicted molar refractivity (Wildman–Crippen MR) is 88.5 cm³/mol. The normalized spacial score (nSPS) is 19.9. The number of hydrogen-bond acceptors (Lipinski definition) is 2. The third kappa shape index (κ3) is 5.28. The topological polar surface area (TPSA) is 54.9 Å². The first kappa shape index (κ1) is 17.8. The van der Waals surface area contributed by atoms with Crippen LogP contribution in [0.25, 0.3) is 0 Å². The van der Waals surface area contributed by atoms with Gasteiger partial charge in [-0.1, -0.05) is 52.5 Å². The van der Waals surface area contributed by atoms with Gasteiger partial charge in [-0.15, -0.1) is 0 Å². The third-order valence-corrected chi connectivity index (χ3v) is 4.32. The summed E-state index contributed by atoms with van der Waals surface area (Å²) in [5.41, 5.74) is 1.62. The summed E-state index contributed by atoms with van der Waals surface area (Å²) in [5, 5.41) is 4.59. The lowest BCUT2D eigenvalue weighted by Crippen LogP contribution is -2.97. The van der Waals surface area contributed by atoms with Crippen molar-refractivity contribution in [2.24, 2.45) is 0 Å². The number of ether oxygens (including phenoxy) is 1. The molecule has 22 heavy (non-hydrogen) atoms. The number of quaternary nitrogens is 1. The van der Waals surface area contributed by atoms with Crippen molar-refractivity contribution in [2.75, 3.05) is 13.2 Å². The molecule has 0 aliphatic carbocycles. The number of carbonyl (C=O) groups is 1. The number of rotatable bonds is 5. The summed E-state index contributed by atoms with van der Waals surface area (Å²) in [6.07, 6.45) is 1.52. The number of amides is 1. The Morgan fingerprint density at radius 2 is 2.09 bits per heavy atom. The van der Waals surface area contributed by atoms with Gasteiger partial charge in [0.15, 0.2) is 0 Å². The van der Waals surface area contributed by atoms with E-state index in [0.717, 1.165) is 25.0 Å². The quantitative estimate of drug-likeness (QED) is 0.620. The molecule has 1 fully saturated rings. The smallest absolute Gasteiger partial charge is 0.262 e. The van der Waals surface area contributed by atoms with Gasteiger partial charge in [0.2, 0.25) is 6.17 Å². The number of nitrogens with one attached hydrogen (secondary N) is 1. The zero-order valence-electron chi connectivity index (χ0n) is 12.3. The van der Waals surface area contributed by atoms with E-state index in [4.69, 9.17) is 39.5 Å². The highest BCUT2D eigenvalue weighted by molar-refractivity contribution is 6.68. The van der Waals surface area contributed by atoms with Crippen molar-refractivity contribution in [2.45, 2.75) is 35.8 Å². The lowest BCUT2D eigenvalue weighted by atomic mass is 10.1. The molecule has 2 rings (SSSR count). The van der Waals surface area contributed by atoms with E-state index in [0.29, 0.717) is 12.1 Å². The molecule has 1 aromatic carbocycles. The minimum Gasteiger partial charge on any atom is -0.372 e. The zero-order chi connectivity index (χ0) is 16.2. The van der Waals surface area contributed by atoms with Crippen molar-refractivity contribution in [1.29, 1.82) is 0 Å². The van der Waals surface area contributed by atoms with Gasteiger partial charge in [-0.25, -0.2) is 0 Å². The van der Waals surface area contributed by atoms with E-state index in [-0.39, 0.29) is 12.0 Å². The van der Waals surface area contributed by atoms with Gasteiger partial charge in [-0.2, -0.15) is 0 Å². The maximum absolute atomic E-state index is 12.3. The Morgan fingerprint density at radius 1 is 1.41 bits per heavy atom. The molecule has 2 atom stereocenters. The molecule has 0 unspecified atom stereocenters. The standard InChI is InChI=1S/C15H19Cl3N2O2/c1-10-4-6-11(7-5-10)13(21)20-14(15(16,17)18)19-9-12-3-2-8-22-12/h4-7,12,14,19H,2-3,8-9H2,1H3,(H,20,21)/p+1/t12-,14-/m1/s1. The van der Waals surface area contributed by atoms with Crippen molar-refractivity contribution in [3.63, 3.8) is 0 Å². The first-order valence-corrected chi connectivity index (χ1v) is 8.39. The fraction of sp³-hybridized carbons (Fsp3) is 0.533. The first-order valence-electron chi connectivity index (χ1n) is 7.25. The molecule has 1 heterocycles. The summed E-state index contributed by atoms with van der Waals surface area (Å²) in [6.45, 7) is 3.38. The fourth-order valence-electron chi connectivity index (χ4n) is 2.32. The minimum absolute atomic E-state index is 0.145. The largest absolute Gasteiger partial charge is 0.372 e. The van der Waals surface area contributed by atoms with Crippen LogP contribution < -0.4 is 10.6 Å². The van der Waals surface area contributed by atoms with Crippen LogP contribution in [-0.4, -0.2) is 35.1 Å². The summed E-state index contributed by atoms with van der Waals surface area (Å²) in [5.74, 6) is -0.264.